The first-order chi connectivity index (χ1) is 11.0. The van der Waals surface area contributed by atoms with Gasteiger partial charge in [0, 0.05) is 18.0 Å². The molecule has 0 saturated heterocycles. The lowest BCUT2D eigenvalue weighted by Gasteiger charge is -2.15. The Morgan fingerprint density at radius 2 is 2.17 bits per heavy atom. The molecule has 2 rings (SSSR count). The molecule has 0 aliphatic carbocycles. The van der Waals surface area contributed by atoms with Crippen LogP contribution < -0.4 is 10.1 Å². The van der Waals surface area contributed by atoms with Crippen LogP contribution in [0.4, 0.5) is 0 Å². The zero-order valence-corrected chi connectivity index (χ0v) is 13.7. The highest BCUT2D eigenvalue weighted by atomic mass is 16.5. The lowest BCUT2D eigenvalue weighted by atomic mass is 10.2. The Labute approximate surface area is 135 Å². The molecule has 6 nitrogen and oxygen atoms in total. The van der Waals surface area contributed by atoms with Crippen LogP contribution in [-0.2, 0) is 4.74 Å². The summed E-state index contributed by atoms with van der Waals surface area (Å²) in [5, 5.41) is 13.8. The van der Waals surface area contributed by atoms with Crippen molar-refractivity contribution in [1.82, 2.24) is 5.32 Å². The number of ether oxygens (including phenoxy) is 2. The van der Waals surface area contributed by atoms with Crippen LogP contribution in [0.25, 0.3) is 11.0 Å². The zero-order valence-electron chi connectivity index (χ0n) is 13.7. The van der Waals surface area contributed by atoms with Crippen molar-refractivity contribution in [1.29, 1.82) is 0 Å². The lowest BCUT2D eigenvalue weighted by Crippen LogP contribution is -2.35. The SMILES string of the molecule is CCOC(=O)c1cc2cccc(OCC(O)CNC(C)C)c2o1. The van der Waals surface area contributed by atoms with Gasteiger partial charge in [0.1, 0.15) is 12.7 Å². The number of carbonyl (C=O) groups is 1. The topological polar surface area (TPSA) is 80.9 Å². The first-order valence-corrected chi connectivity index (χ1v) is 7.75. The minimum Gasteiger partial charge on any atom is -0.487 e. The molecule has 2 aromatic rings. The highest BCUT2D eigenvalue weighted by Crippen LogP contribution is 2.29. The van der Waals surface area contributed by atoms with Gasteiger partial charge in [0.05, 0.1) is 6.61 Å². The fourth-order valence-corrected chi connectivity index (χ4v) is 2.07. The number of aliphatic hydroxyl groups excluding tert-OH is 1. The van der Waals surface area contributed by atoms with Gasteiger partial charge in [-0.25, -0.2) is 4.79 Å². The number of esters is 1. The van der Waals surface area contributed by atoms with E-state index >= 15 is 0 Å². The van der Waals surface area contributed by atoms with Crippen LogP contribution in [0, 0.1) is 0 Å². The zero-order chi connectivity index (χ0) is 16.8. The second kappa shape index (κ2) is 7.99. The van der Waals surface area contributed by atoms with Crippen LogP contribution in [-0.4, -0.2) is 43.0 Å². The third-order valence-corrected chi connectivity index (χ3v) is 3.18. The van der Waals surface area contributed by atoms with Gasteiger partial charge in [0.25, 0.3) is 0 Å². The Bertz CT molecular complexity index is 649. The van der Waals surface area contributed by atoms with Gasteiger partial charge in [0.15, 0.2) is 11.3 Å². The summed E-state index contributed by atoms with van der Waals surface area (Å²) in [7, 11) is 0. The molecule has 1 unspecified atom stereocenters. The summed E-state index contributed by atoms with van der Waals surface area (Å²) in [6.07, 6.45) is -0.632. The summed E-state index contributed by atoms with van der Waals surface area (Å²) in [5.41, 5.74) is 0.472. The maximum absolute atomic E-state index is 11.7. The van der Waals surface area contributed by atoms with Crippen LogP contribution in [0.1, 0.15) is 31.3 Å². The molecule has 1 heterocycles. The number of hydrogen-bond acceptors (Lipinski definition) is 6. The molecule has 0 spiro atoms. The number of aliphatic hydroxyl groups is 1. The van der Waals surface area contributed by atoms with Gasteiger partial charge < -0.3 is 24.3 Å². The maximum Gasteiger partial charge on any atom is 0.374 e. The van der Waals surface area contributed by atoms with Crippen LogP contribution in [0.3, 0.4) is 0 Å². The predicted octanol–water partition coefficient (Wildman–Crippen LogP) is 2.35. The van der Waals surface area contributed by atoms with Crippen LogP contribution in [0.15, 0.2) is 28.7 Å². The van der Waals surface area contributed by atoms with Crippen molar-refractivity contribution in [3.8, 4) is 5.75 Å². The normalized spacial score (nSPS) is 12.6. The molecule has 0 bridgehead atoms. The van der Waals surface area contributed by atoms with Gasteiger partial charge in [-0.2, -0.15) is 0 Å². The molecular weight excluding hydrogens is 298 g/mol. The van der Waals surface area contributed by atoms with Crippen molar-refractivity contribution in [2.24, 2.45) is 0 Å². The third-order valence-electron chi connectivity index (χ3n) is 3.18. The van der Waals surface area contributed by atoms with E-state index in [9.17, 15) is 9.90 Å². The molecule has 0 amide bonds. The Morgan fingerprint density at radius 3 is 2.87 bits per heavy atom. The van der Waals surface area contributed by atoms with Crippen LogP contribution >= 0.6 is 0 Å². The Balaban J connectivity index is 2.07. The largest absolute Gasteiger partial charge is 0.487 e. The van der Waals surface area contributed by atoms with E-state index in [1.165, 1.54) is 0 Å². The van der Waals surface area contributed by atoms with E-state index in [2.05, 4.69) is 5.32 Å². The molecule has 6 heteroatoms. The van der Waals surface area contributed by atoms with Gasteiger partial charge in [-0.3, -0.25) is 0 Å². The summed E-state index contributed by atoms with van der Waals surface area (Å²) in [5.74, 6) is 0.123. The highest BCUT2D eigenvalue weighted by molar-refractivity contribution is 5.94. The summed E-state index contributed by atoms with van der Waals surface area (Å²) in [4.78, 5) is 11.7. The van der Waals surface area contributed by atoms with E-state index in [4.69, 9.17) is 13.9 Å². The van der Waals surface area contributed by atoms with Crippen LogP contribution in [0.5, 0.6) is 5.75 Å². The van der Waals surface area contributed by atoms with E-state index in [0.29, 0.717) is 23.9 Å². The van der Waals surface area contributed by atoms with E-state index < -0.39 is 12.1 Å². The number of hydrogen-bond donors (Lipinski definition) is 2. The molecule has 126 valence electrons. The smallest absolute Gasteiger partial charge is 0.374 e. The number of furan rings is 1. The summed E-state index contributed by atoms with van der Waals surface area (Å²) in [6, 6.07) is 7.29. The number of nitrogens with one attached hydrogen (secondary N) is 1. The monoisotopic (exact) mass is 321 g/mol. The molecule has 0 radical (unpaired) electrons. The second-order valence-electron chi connectivity index (χ2n) is 5.53. The lowest BCUT2D eigenvalue weighted by molar-refractivity contribution is 0.0492. The molecule has 1 aromatic heterocycles. The fourth-order valence-electron chi connectivity index (χ4n) is 2.07. The quantitative estimate of drug-likeness (QED) is 0.726. The van der Waals surface area contributed by atoms with E-state index in [1.54, 1.807) is 25.1 Å². The van der Waals surface area contributed by atoms with Crippen molar-refractivity contribution < 1.29 is 23.8 Å². The predicted molar refractivity (Wildman–Crippen MR) is 86.8 cm³/mol. The summed E-state index contributed by atoms with van der Waals surface area (Å²) < 4.78 is 16.1. The second-order valence-corrected chi connectivity index (χ2v) is 5.53. The number of para-hydroxylation sites is 1. The Hall–Kier alpha value is -2.05. The average Bonchev–Trinajstić information content (AvgIpc) is 2.95. The van der Waals surface area contributed by atoms with Gasteiger partial charge in [0.2, 0.25) is 5.76 Å². The number of carbonyl (C=O) groups excluding carboxylic acids is 1. The maximum atomic E-state index is 11.7. The molecule has 0 fully saturated rings. The van der Waals surface area contributed by atoms with Crippen molar-refractivity contribution in [2.75, 3.05) is 19.8 Å². The fraction of sp³-hybridized carbons (Fsp3) is 0.471. The van der Waals surface area contributed by atoms with Crippen molar-refractivity contribution in [3.63, 3.8) is 0 Å². The third kappa shape index (κ3) is 4.71. The van der Waals surface area contributed by atoms with Gasteiger partial charge in [-0.1, -0.05) is 26.0 Å². The summed E-state index contributed by atoms with van der Waals surface area (Å²) >= 11 is 0. The number of rotatable bonds is 8. The minimum atomic E-state index is -0.632. The molecule has 1 atom stereocenters. The average molecular weight is 321 g/mol. The van der Waals surface area contributed by atoms with Crippen molar-refractivity contribution in [2.45, 2.75) is 32.9 Å². The van der Waals surface area contributed by atoms with Gasteiger partial charge in [-0.05, 0) is 19.1 Å². The van der Waals surface area contributed by atoms with Gasteiger partial charge >= 0.3 is 5.97 Å². The van der Waals surface area contributed by atoms with Crippen LogP contribution in [0.2, 0.25) is 0 Å². The van der Waals surface area contributed by atoms with E-state index in [0.717, 1.165) is 5.39 Å². The first-order valence-electron chi connectivity index (χ1n) is 7.75. The number of benzene rings is 1. The van der Waals surface area contributed by atoms with Gasteiger partial charge in [-0.15, -0.1) is 0 Å². The minimum absolute atomic E-state index is 0.133. The molecule has 2 N–H and O–H groups in total. The number of fused-ring (bicyclic) bond motifs is 1. The first kappa shape index (κ1) is 17.3. The Morgan fingerprint density at radius 1 is 1.39 bits per heavy atom. The summed E-state index contributed by atoms with van der Waals surface area (Å²) in [6.45, 7) is 6.62. The molecular formula is C17H23NO5. The molecule has 0 aliphatic rings. The highest BCUT2D eigenvalue weighted by Gasteiger charge is 2.16. The van der Waals surface area contributed by atoms with Crippen molar-refractivity contribution >= 4 is 16.9 Å². The van der Waals surface area contributed by atoms with Crippen molar-refractivity contribution in [3.05, 3.63) is 30.0 Å². The molecule has 0 aliphatic heterocycles. The Kier molecular flexibility index (Phi) is 6.01. The molecule has 1 aromatic carbocycles. The van der Waals surface area contributed by atoms with E-state index in [-0.39, 0.29) is 19.0 Å². The van der Waals surface area contributed by atoms with E-state index in [1.807, 2.05) is 19.9 Å². The standard InChI is InChI=1S/C17H23NO5/c1-4-21-17(20)15-8-12-6-5-7-14(16(12)23-15)22-10-13(19)9-18-11(2)3/h5-8,11,13,18-19H,4,9-10H2,1-3H3. The molecule has 0 saturated carbocycles. The molecule has 23 heavy (non-hydrogen) atoms.